The van der Waals surface area contributed by atoms with Gasteiger partial charge >= 0.3 is 0 Å². The van der Waals surface area contributed by atoms with E-state index in [2.05, 4.69) is 0 Å². The van der Waals surface area contributed by atoms with Crippen LogP contribution in [0, 0.1) is 6.92 Å². The third-order valence-corrected chi connectivity index (χ3v) is 4.26. The molecule has 0 aliphatic carbocycles. The van der Waals surface area contributed by atoms with Crippen LogP contribution in [0.25, 0.3) is 5.69 Å². The first-order valence-electron chi connectivity index (χ1n) is 7.55. The third-order valence-electron chi connectivity index (χ3n) is 4.26. The number of carbonyl (C=O) groups is 1. The van der Waals surface area contributed by atoms with Gasteiger partial charge in [0.2, 0.25) is 5.91 Å². The second kappa shape index (κ2) is 6.32. The highest BCUT2D eigenvalue weighted by Gasteiger charge is 2.26. The summed E-state index contributed by atoms with van der Waals surface area (Å²) in [4.78, 5) is 28.4. The van der Waals surface area contributed by atoms with Crippen LogP contribution in [-0.2, 0) is 11.8 Å². The minimum Gasteiger partial charge on any atom is -0.357 e. The van der Waals surface area contributed by atoms with Gasteiger partial charge in [-0.05, 0) is 26.0 Å². The smallest absolute Gasteiger partial charge is 0.295 e. The molecule has 0 fully saturated rings. The van der Waals surface area contributed by atoms with Crippen molar-refractivity contribution < 1.29 is 4.79 Å². The summed E-state index contributed by atoms with van der Waals surface area (Å²) in [5, 5.41) is 0. The van der Waals surface area contributed by atoms with Crippen LogP contribution in [0.1, 0.15) is 12.6 Å². The van der Waals surface area contributed by atoms with Crippen molar-refractivity contribution in [2.75, 3.05) is 26.0 Å². The van der Waals surface area contributed by atoms with Crippen molar-refractivity contribution in [2.24, 2.45) is 7.05 Å². The van der Waals surface area contributed by atoms with E-state index in [1.807, 2.05) is 49.0 Å². The fraction of sp³-hybridized carbons (Fsp3) is 0.412. The first-order valence-corrected chi connectivity index (χ1v) is 7.55. The maximum atomic E-state index is 12.9. The number of benzene rings is 1. The molecule has 1 heterocycles. The summed E-state index contributed by atoms with van der Waals surface area (Å²) in [6.45, 7) is 3.70. The first-order chi connectivity index (χ1) is 10.8. The number of likely N-dealkylation sites (N-methyl/N-ethyl adjacent to an activating group) is 2. The molecule has 0 aliphatic rings. The van der Waals surface area contributed by atoms with Crippen molar-refractivity contribution in [2.45, 2.75) is 19.9 Å². The minimum absolute atomic E-state index is 0.0404. The van der Waals surface area contributed by atoms with Gasteiger partial charge in [-0.1, -0.05) is 18.2 Å². The lowest BCUT2D eigenvalue weighted by Crippen LogP contribution is -2.44. The highest BCUT2D eigenvalue weighted by atomic mass is 16.2. The van der Waals surface area contributed by atoms with E-state index in [1.165, 1.54) is 4.90 Å². The molecule has 0 aliphatic heterocycles. The molecule has 2 rings (SSSR count). The second-order valence-electron chi connectivity index (χ2n) is 5.93. The molecule has 124 valence electrons. The molecule has 0 bridgehead atoms. The molecular formula is C17H24N4O2. The normalized spacial score (nSPS) is 12.1. The van der Waals surface area contributed by atoms with Crippen LogP contribution in [0.4, 0.5) is 5.69 Å². The molecule has 2 aromatic rings. The summed E-state index contributed by atoms with van der Waals surface area (Å²) in [6.07, 6.45) is 0. The average Bonchev–Trinajstić information content (AvgIpc) is 2.75. The Hall–Kier alpha value is -2.50. The molecule has 0 radical (unpaired) electrons. The highest BCUT2D eigenvalue weighted by molar-refractivity contribution is 5.84. The van der Waals surface area contributed by atoms with E-state index in [-0.39, 0.29) is 11.5 Å². The molecule has 1 aromatic carbocycles. The Balaban J connectivity index is 2.54. The summed E-state index contributed by atoms with van der Waals surface area (Å²) in [7, 11) is 7.06. The van der Waals surface area contributed by atoms with Crippen molar-refractivity contribution in [3.63, 3.8) is 0 Å². The third kappa shape index (κ3) is 2.88. The fourth-order valence-electron chi connectivity index (χ4n) is 2.69. The van der Waals surface area contributed by atoms with Crippen molar-refractivity contribution in [1.82, 2.24) is 14.3 Å². The van der Waals surface area contributed by atoms with E-state index >= 15 is 0 Å². The maximum Gasteiger partial charge on any atom is 0.295 e. The Bertz CT molecular complexity index is 759. The summed E-state index contributed by atoms with van der Waals surface area (Å²) in [5.41, 5.74) is 2.03. The molecule has 1 atom stereocenters. The maximum absolute atomic E-state index is 12.9. The Morgan fingerprint density at radius 3 is 2.22 bits per heavy atom. The van der Waals surface area contributed by atoms with Crippen molar-refractivity contribution in [3.05, 3.63) is 46.4 Å². The molecule has 0 saturated carbocycles. The van der Waals surface area contributed by atoms with E-state index in [0.29, 0.717) is 5.69 Å². The van der Waals surface area contributed by atoms with Gasteiger partial charge in [0.1, 0.15) is 11.7 Å². The van der Waals surface area contributed by atoms with E-state index < -0.39 is 6.04 Å². The number of carbonyl (C=O) groups excluding carboxylic acids is 1. The van der Waals surface area contributed by atoms with Crippen LogP contribution in [0.3, 0.4) is 0 Å². The van der Waals surface area contributed by atoms with E-state index in [0.717, 1.165) is 11.4 Å². The van der Waals surface area contributed by atoms with Gasteiger partial charge in [-0.15, -0.1) is 0 Å². The largest absolute Gasteiger partial charge is 0.357 e. The number of rotatable bonds is 4. The first kappa shape index (κ1) is 16.9. The van der Waals surface area contributed by atoms with Crippen molar-refractivity contribution in [1.29, 1.82) is 0 Å². The molecule has 1 amide bonds. The summed E-state index contributed by atoms with van der Waals surface area (Å²) in [6, 6.07) is 9.06. The van der Waals surface area contributed by atoms with Crippen LogP contribution in [0.5, 0.6) is 0 Å². The molecule has 6 nitrogen and oxygen atoms in total. The molecule has 23 heavy (non-hydrogen) atoms. The van der Waals surface area contributed by atoms with Gasteiger partial charge in [-0.3, -0.25) is 14.3 Å². The topological polar surface area (TPSA) is 50.5 Å². The van der Waals surface area contributed by atoms with E-state index in [4.69, 9.17) is 0 Å². The fourth-order valence-corrected chi connectivity index (χ4v) is 2.69. The molecule has 0 spiro atoms. The Kier molecular flexibility index (Phi) is 4.63. The van der Waals surface area contributed by atoms with Gasteiger partial charge in [0.05, 0.1) is 11.4 Å². The second-order valence-corrected chi connectivity index (χ2v) is 5.93. The molecule has 0 saturated heterocycles. The standard InChI is InChI=1S/C17H24N4O2/c1-12-15(19(5)13(2)16(22)18(3)4)17(23)21(20(12)6)14-10-8-7-9-11-14/h7-11,13H,1-6H3. The SMILES string of the molecule is Cc1c(N(C)C(C)C(=O)N(C)C)c(=O)n(-c2ccccc2)n1C. The zero-order chi connectivity index (χ0) is 17.3. The lowest BCUT2D eigenvalue weighted by Gasteiger charge is -2.27. The van der Waals surface area contributed by atoms with Crippen LogP contribution >= 0.6 is 0 Å². The predicted molar refractivity (Wildman–Crippen MR) is 92.3 cm³/mol. The summed E-state index contributed by atoms with van der Waals surface area (Å²) in [5.74, 6) is -0.0404. The number of anilines is 1. The van der Waals surface area contributed by atoms with Gasteiger partial charge in [-0.25, -0.2) is 4.68 Å². The number of para-hydroxylation sites is 1. The van der Waals surface area contributed by atoms with E-state index in [1.54, 1.807) is 37.6 Å². The van der Waals surface area contributed by atoms with Gasteiger partial charge < -0.3 is 9.80 Å². The van der Waals surface area contributed by atoms with Crippen LogP contribution in [0.2, 0.25) is 0 Å². The molecule has 6 heteroatoms. The van der Waals surface area contributed by atoms with E-state index in [9.17, 15) is 9.59 Å². The Morgan fingerprint density at radius 2 is 1.70 bits per heavy atom. The average molecular weight is 316 g/mol. The molecule has 1 aromatic heterocycles. The zero-order valence-corrected chi connectivity index (χ0v) is 14.6. The van der Waals surface area contributed by atoms with Crippen molar-refractivity contribution in [3.8, 4) is 5.69 Å². The summed E-state index contributed by atoms with van der Waals surface area (Å²) < 4.78 is 3.43. The number of aromatic nitrogens is 2. The quantitative estimate of drug-likeness (QED) is 0.857. The number of amides is 1. The number of hydrogen-bond donors (Lipinski definition) is 0. The van der Waals surface area contributed by atoms with Crippen LogP contribution in [-0.4, -0.2) is 47.4 Å². The van der Waals surface area contributed by atoms with Crippen LogP contribution < -0.4 is 10.5 Å². The molecule has 1 unspecified atom stereocenters. The lowest BCUT2D eigenvalue weighted by molar-refractivity contribution is -0.129. The van der Waals surface area contributed by atoms with Gasteiger partial charge in [0, 0.05) is 28.2 Å². The Morgan fingerprint density at radius 1 is 1.13 bits per heavy atom. The minimum atomic E-state index is -0.414. The monoisotopic (exact) mass is 316 g/mol. The van der Waals surface area contributed by atoms with Gasteiger partial charge in [-0.2, -0.15) is 0 Å². The predicted octanol–water partition coefficient (Wildman–Crippen LogP) is 1.40. The number of nitrogens with zero attached hydrogens (tertiary/aromatic N) is 4. The summed E-state index contributed by atoms with van der Waals surface area (Å²) >= 11 is 0. The van der Waals surface area contributed by atoms with Crippen molar-refractivity contribution >= 4 is 11.6 Å². The molecular weight excluding hydrogens is 292 g/mol. The molecule has 0 N–H and O–H groups in total. The van der Waals surface area contributed by atoms with Gasteiger partial charge in [0.15, 0.2) is 0 Å². The highest BCUT2D eigenvalue weighted by Crippen LogP contribution is 2.19. The number of hydrogen-bond acceptors (Lipinski definition) is 3. The lowest BCUT2D eigenvalue weighted by atomic mass is 10.2. The zero-order valence-electron chi connectivity index (χ0n) is 14.6. The Labute approximate surface area is 136 Å². The van der Waals surface area contributed by atoms with Crippen LogP contribution in [0.15, 0.2) is 35.1 Å². The van der Waals surface area contributed by atoms with Gasteiger partial charge in [0.25, 0.3) is 5.56 Å².